The third kappa shape index (κ3) is 2.37. The van der Waals surface area contributed by atoms with Gasteiger partial charge in [0.05, 0.1) is 7.11 Å². The molecule has 2 aromatic rings. The molecule has 0 spiro atoms. The summed E-state index contributed by atoms with van der Waals surface area (Å²) in [7, 11) is 1.35. The van der Waals surface area contributed by atoms with E-state index in [9.17, 15) is 8.78 Å². The molecule has 0 unspecified atom stereocenters. The summed E-state index contributed by atoms with van der Waals surface area (Å²) in [5.41, 5.74) is 0.317. The SMILES string of the molecule is COc1ccc(-c2nc(Cl)c(F)c(Cl)n2)cc1F. The molecule has 0 amide bonds. The fourth-order valence-corrected chi connectivity index (χ4v) is 1.72. The van der Waals surface area contributed by atoms with Gasteiger partial charge in [0, 0.05) is 5.56 Å². The van der Waals surface area contributed by atoms with Gasteiger partial charge in [0.2, 0.25) is 0 Å². The molecule has 3 nitrogen and oxygen atoms in total. The van der Waals surface area contributed by atoms with Crippen molar-refractivity contribution in [2.75, 3.05) is 7.11 Å². The predicted molar refractivity (Wildman–Crippen MR) is 64.0 cm³/mol. The van der Waals surface area contributed by atoms with Gasteiger partial charge in [-0.15, -0.1) is 0 Å². The summed E-state index contributed by atoms with van der Waals surface area (Å²) >= 11 is 11.1. The topological polar surface area (TPSA) is 35.0 Å². The van der Waals surface area contributed by atoms with Gasteiger partial charge >= 0.3 is 0 Å². The highest BCUT2D eigenvalue weighted by atomic mass is 35.5. The van der Waals surface area contributed by atoms with Crippen molar-refractivity contribution in [1.82, 2.24) is 9.97 Å². The normalized spacial score (nSPS) is 10.5. The first-order valence-electron chi connectivity index (χ1n) is 4.75. The Balaban J connectivity index is 2.52. The quantitative estimate of drug-likeness (QED) is 0.791. The second-order valence-corrected chi connectivity index (χ2v) is 4.01. The minimum Gasteiger partial charge on any atom is -0.494 e. The first kappa shape index (κ1) is 13.0. The number of halogens is 4. The highest BCUT2D eigenvalue weighted by Gasteiger charge is 2.13. The third-order valence-electron chi connectivity index (χ3n) is 2.18. The van der Waals surface area contributed by atoms with E-state index in [0.717, 1.165) is 6.07 Å². The van der Waals surface area contributed by atoms with E-state index >= 15 is 0 Å². The maximum atomic E-state index is 13.5. The number of methoxy groups -OCH3 is 1. The predicted octanol–water partition coefficient (Wildman–Crippen LogP) is 3.74. The van der Waals surface area contributed by atoms with E-state index in [1.165, 1.54) is 19.2 Å². The summed E-state index contributed by atoms with van der Waals surface area (Å²) in [4.78, 5) is 7.38. The van der Waals surface area contributed by atoms with Crippen LogP contribution < -0.4 is 4.74 Å². The van der Waals surface area contributed by atoms with Crippen LogP contribution in [0.25, 0.3) is 11.4 Å². The van der Waals surface area contributed by atoms with E-state index in [2.05, 4.69) is 9.97 Å². The number of hydrogen-bond acceptors (Lipinski definition) is 3. The first-order chi connectivity index (χ1) is 8.52. The van der Waals surface area contributed by atoms with Crippen LogP contribution in [0.2, 0.25) is 10.3 Å². The lowest BCUT2D eigenvalue weighted by atomic mass is 10.2. The van der Waals surface area contributed by atoms with Crippen LogP contribution >= 0.6 is 23.2 Å². The van der Waals surface area contributed by atoms with E-state index in [4.69, 9.17) is 27.9 Å². The number of benzene rings is 1. The molecule has 0 atom stereocenters. The molecule has 1 aromatic heterocycles. The lowest BCUT2D eigenvalue weighted by molar-refractivity contribution is 0.386. The zero-order chi connectivity index (χ0) is 13.3. The van der Waals surface area contributed by atoms with E-state index in [1.54, 1.807) is 0 Å². The molecule has 0 bridgehead atoms. The standard InChI is InChI=1S/C11H6Cl2F2N2O/c1-18-7-3-2-5(4-6(7)14)11-16-9(12)8(15)10(13)17-11/h2-4H,1H3. The summed E-state index contributed by atoms with van der Waals surface area (Å²) < 4.78 is 31.4. The average molecular weight is 291 g/mol. The smallest absolute Gasteiger partial charge is 0.197 e. The van der Waals surface area contributed by atoms with Gasteiger partial charge in [0.25, 0.3) is 0 Å². The minimum absolute atomic E-state index is 0.0351. The van der Waals surface area contributed by atoms with Gasteiger partial charge in [-0.05, 0) is 18.2 Å². The molecule has 7 heteroatoms. The van der Waals surface area contributed by atoms with Crippen molar-refractivity contribution in [3.63, 3.8) is 0 Å². The Morgan fingerprint density at radius 1 is 1.11 bits per heavy atom. The Labute approximate surface area is 111 Å². The largest absolute Gasteiger partial charge is 0.494 e. The van der Waals surface area contributed by atoms with Crippen molar-refractivity contribution in [1.29, 1.82) is 0 Å². The van der Waals surface area contributed by atoms with Gasteiger partial charge in [-0.2, -0.15) is 0 Å². The van der Waals surface area contributed by atoms with Gasteiger partial charge < -0.3 is 4.74 Å². The molecule has 2 rings (SSSR count). The molecular formula is C11H6Cl2F2N2O. The van der Waals surface area contributed by atoms with Crippen molar-refractivity contribution >= 4 is 23.2 Å². The van der Waals surface area contributed by atoms with E-state index in [0.29, 0.717) is 5.56 Å². The van der Waals surface area contributed by atoms with Crippen molar-refractivity contribution < 1.29 is 13.5 Å². The van der Waals surface area contributed by atoms with Crippen LogP contribution in [0.4, 0.5) is 8.78 Å². The molecule has 0 aliphatic carbocycles. The molecular weight excluding hydrogens is 285 g/mol. The molecule has 94 valence electrons. The van der Waals surface area contributed by atoms with Crippen molar-refractivity contribution in [3.8, 4) is 17.1 Å². The van der Waals surface area contributed by atoms with Crippen molar-refractivity contribution in [2.24, 2.45) is 0 Å². The fourth-order valence-electron chi connectivity index (χ4n) is 1.33. The monoisotopic (exact) mass is 290 g/mol. The van der Waals surface area contributed by atoms with Crippen LogP contribution in [0, 0.1) is 11.6 Å². The van der Waals surface area contributed by atoms with Gasteiger partial charge in [0.15, 0.2) is 33.5 Å². The number of hydrogen-bond donors (Lipinski definition) is 0. The summed E-state index contributed by atoms with van der Waals surface area (Å²) in [6, 6.07) is 4.07. The molecule has 1 aromatic carbocycles. The van der Waals surface area contributed by atoms with Crippen LogP contribution in [0.5, 0.6) is 5.75 Å². The van der Waals surface area contributed by atoms with Crippen LogP contribution in [-0.2, 0) is 0 Å². The van der Waals surface area contributed by atoms with Crippen molar-refractivity contribution in [3.05, 3.63) is 40.1 Å². The van der Waals surface area contributed by atoms with Gasteiger partial charge in [0.1, 0.15) is 0 Å². The Hall–Kier alpha value is -1.46. The molecule has 1 heterocycles. The second-order valence-electron chi connectivity index (χ2n) is 3.29. The number of ether oxygens (including phenoxy) is 1. The molecule has 0 aliphatic rings. The maximum Gasteiger partial charge on any atom is 0.197 e. The third-order valence-corrected chi connectivity index (χ3v) is 2.68. The van der Waals surface area contributed by atoms with Gasteiger partial charge in [-0.1, -0.05) is 23.2 Å². The number of nitrogens with zero attached hydrogens (tertiary/aromatic N) is 2. The average Bonchev–Trinajstić information content (AvgIpc) is 2.35. The summed E-state index contributed by atoms with van der Waals surface area (Å²) in [6.07, 6.45) is 0. The highest BCUT2D eigenvalue weighted by Crippen LogP contribution is 2.27. The first-order valence-corrected chi connectivity index (χ1v) is 5.51. The van der Waals surface area contributed by atoms with Crippen LogP contribution in [0.1, 0.15) is 0 Å². The molecule has 0 radical (unpaired) electrons. The zero-order valence-electron chi connectivity index (χ0n) is 9.05. The maximum absolute atomic E-state index is 13.5. The summed E-state index contributed by atoms with van der Waals surface area (Å²) in [6.45, 7) is 0. The number of rotatable bonds is 2. The Kier molecular flexibility index (Phi) is 3.63. The molecule has 0 saturated heterocycles. The Morgan fingerprint density at radius 2 is 1.72 bits per heavy atom. The molecule has 0 saturated carbocycles. The molecule has 0 fully saturated rings. The van der Waals surface area contributed by atoms with E-state index < -0.39 is 21.9 Å². The van der Waals surface area contributed by atoms with Gasteiger partial charge in [-0.3, -0.25) is 0 Å². The Bertz CT molecular complexity index is 585. The molecule has 18 heavy (non-hydrogen) atoms. The fraction of sp³-hybridized carbons (Fsp3) is 0.0909. The van der Waals surface area contributed by atoms with Crippen LogP contribution in [0.3, 0.4) is 0 Å². The van der Waals surface area contributed by atoms with E-state index in [-0.39, 0.29) is 11.6 Å². The van der Waals surface area contributed by atoms with Crippen LogP contribution in [-0.4, -0.2) is 17.1 Å². The number of aromatic nitrogens is 2. The molecule has 0 aliphatic heterocycles. The zero-order valence-corrected chi connectivity index (χ0v) is 10.6. The van der Waals surface area contributed by atoms with Crippen molar-refractivity contribution in [2.45, 2.75) is 0 Å². The van der Waals surface area contributed by atoms with Crippen LogP contribution in [0.15, 0.2) is 18.2 Å². The lowest BCUT2D eigenvalue weighted by Gasteiger charge is -2.05. The lowest BCUT2D eigenvalue weighted by Crippen LogP contribution is -1.96. The highest BCUT2D eigenvalue weighted by molar-refractivity contribution is 6.33. The molecule has 0 N–H and O–H groups in total. The summed E-state index contributed by atoms with van der Waals surface area (Å²) in [5.74, 6) is -1.38. The van der Waals surface area contributed by atoms with E-state index in [1.807, 2.05) is 0 Å². The Morgan fingerprint density at radius 3 is 2.22 bits per heavy atom. The second kappa shape index (κ2) is 5.04. The summed E-state index contributed by atoms with van der Waals surface area (Å²) in [5, 5.41) is -0.831. The van der Waals surface area contributed by atoms with Gasteiger partial charge in [-0.25, -0.2) is 18.7 Å². The minimum atomic E-state index is -0.906.